The lowest BCUT2D eigenvalue weighted by atomic mass is 9.99. The van der Waals surface area contributed by atoms with Gasteiger partial charge in [-0.25, -0.2) is 4.79 Å². The van der Waals surface area contributed by atoms with E-state index in [1.54, 1.807) is 30.9 Å². The Morgan fingerprint density at radius 1 is 1.30 bits per heavy atom. The number of ether oxygens (including phenoxy) is 2. The lowest BCUT2D eigenvalue weighted by Gasteiger charge is -2.31. The number of carbonyl (C=O) groups excluding carboxylic acids is 2. The fourth-order valence-corrected chi connectivity index (χ4v) is 3.40. The summed E-state index contributed by atoms with van der Waals surface area (Å²) >= 11 is 0. The van der Waals surface area contributed by atoms with Gasteiger partial charge in [-0.15, -0.1) is 0 Å². The molecule has 146 valence electrons. The Kier molecular flexibility index (Phi) is 5.73. The van der Waals surface area contributed by atoms with Gasteiger partial charge in [-0.3, -0.25) is 4.79 Å². The molecule has 3 rings (SSSR count). The van der Waals surface area contributed by atoms with Crippen molar-refractivity contribution in [2.75, 3.05) is 19.7 Å². The third-order valence-corrected chi connectivity index (χ3v) is 5.13. The zero-order chi connectivity index (χ0) is 19.6. The van der Waals surface area contributed by atoms with E-state index in [0.717, 1.165) is 24.0 Å². The highest BCUT2D eigenvalue weighted by Crippen LogP contribution is 2.29. The van der Waals surface area contributed by atoms with Crippen molar-refractivity contribution in [1.29, 1.82) is 0 Å². The first-order chi connectivity index (χ1) is 12.9. The molecular formula is C21H27NO5. The molecule has 1 aliphatic heterocycles. The average Bonchev–Trinajstić information content (AvgIpc) is 2.98. The largest absolute Gasteiger partial charge is 0.494 e. The minimum absolute atomic E-state index is 0.130. The lowest BCUT2D eigenvalue weighted by Crippen LogP contribution is -2.44. The molecule has 27 heavy (non-hydrogen) atoms. The van der Waals surface area contributed by atoms with E-state index < -0.39 is 12.1 Å². The number of likely N-dealkylation sites (tertiary alicyclic amines) is 1. The van der Waals surface area contributed by atoms with Gasteiger partial charge in [0.1, 0.15) is 11.3 Å². The molecule has 1 aromatic heterocycles. The van der Waals surface area contributed by atoms with Gasteiger partial charge in [-0.1, -0.05) is 6.92 Å². The van der Waals surface area contributed by atoms with E-state index in [1.807, 2.05) is 13.0 Å². The Labute approximate surface area is 159 Å². The fourth-order valence-electron chi connectivity index (χ4n) is 3.40. The quantitative estimate of drug-likeness (QED) is 0.743. The molecule has 1 amide bonds. The highest BCUT2D eigenvalue weighted by Gasteiger charge is 2.29. The Bertz CT molecular complexity index is 832. The van der Waals surface area contributed by atoms with Crippen molar-refractivity contribution >= 4 is 22.8 Å². The summed E-state index contributed by atoms with van der Waals surface area (Å²) in [5.74, 6) is 0.712. The van der Waals surface area contributed by atoms with Crippen LogP contribution in [0.3, 0.4) is 0 Å². The number of hydrogen-bond donors (Lipinski definition) is 0. The molecule has 0 radical (unpaired) electrons. The number of amides is 1. The van der Waals surface area contributed by atoms with Gasteiger partial charge in [0, 0.05) is 24.0 Å². The van der Waals surface area contributed by atoms with Gasteiger partial charge in [-0.2, -0.15) is 0 Å². The van der Waals surface area contributed by atoms with E-state index in [2.05, 4.69) is 6.92 Å². The molecular weight excluding hydrogens is 346 g/mol. The first-order valence-corrected chi connectivity index (χ1v) is 9.56. The molecule has 0 unspecified atom stereocenters. The number of carbonyl (C=O) groups is 2. The predicted molar refractivity (Wildman–Crippen MR) is 102 cm³/mol. The highest BCUT2D eigenvalue weighted by atomic mass is 16.6. The predicted octanol–water partition coefficient (Wildman–Crippen LogP) is 3.94. The second kappa shape index (κ2) is 8.03. The van der Waals surface area contributed by atoms with Crippen molar-refractivity contribution in [2.24, 2.45) is 5.92 Å². The molecule has 1 fully saturated rings. The zero-order valence-electron chi connectivity index (χ0n) is 16.4. The van der Waals surface area contributed by atoms with Crippen LogP contribution in [0.25, 0.3) is 11.0 Å². The number of piperidine rings is 1. The third kappa shape index (κ3) is 4.10. The minimum atomic E-state index is -0.836. The lowest BCUT2D eigenvalue weighted by molar-refractivity contribution is -0.141. The van der Waals surface area contributed by atoms with Gasteiger partial charge < -0.3 is 18.8 Å². The maximum Gasteiger partial charge on any atom is 0.375 e. The number of fused-ring (bicyclic) bond motifs is 1. The van der Waals surface area contributed by atoms with Gasteiger partial charge in [0.15, 0.2) is 6.10 Å². The highest BCUT2D eigenvalue weighted by molar-refractivity contribution is 5.97. The Hall–Kier alpha value is -2.50. The molecule has 6 heteroatoms. The van der Waals surface area contributed by atoms with Gasteiger partial charge >= 0.3 is 5.97 Å². The molecule has 2 aromatic rings. The monoisotopic (exact) mass is 373 g/mol. The van der Waals surface area contributed by atoms with Crippen LogP contribution >= 0.6 is 0 Å². The van der Waals surface area contributed by atoms with Crippen LogP contribution in [0.2, 0.25) is 0 Å². The van der Waals surface area contributed by atoms with Gasteiger partial charge in [0.05, 0.1) is 6.61 Å². The van der Waals surface area contributed by atoms with Crippen LogP contribution in [-0.4, -0.2) is 42.6 Å². The van der Waals surface area contributed by atoms with Crippen LogP contribution in [0.4, 0.5) is 0 Å². The second-order valence-corrected chi connectivity index (χ2v) is 7.20. The maximum absolute atomic E-state index is 12.6. The molecule has 0 aliphatic carbocycles. The summed E-state index contributed by atoms with van der Waals surface area (Å²) in [4.78, 5) is 26.9. The van der Waals surface area contributed by atoms with Crippen LogP contribution < -0.4 is 4.74 Å². The number of rotatable bonds is 5. The van der Waals surface area contributed by atoms with Crippen LogP contribution in [-0.2, 0) is 9.53 Å². The van der Waals surface area contributed by atoms with Crippen LogP contribution in [0.5, 0.6) is 5.75 Å². The summed E-state index contributed by atoms with van der Waals surface area (Å²) < 4.78 is 16.6. The second-order valence-electron chi connectivity index (χ2n) is 7.20. The molecule has 1 atom stereocenters. The molecule has 1 saturated heterocycles. The van der Waals surface area contributed by atoms with Gasteiger partial charge in [-0.05, 0) is 57.7 Å². The van der Waals surface area contributed by atoms with Crippen LogP contribution in [0.1, 0.15) is 49.7 Å². The molecule has 2 heterocycles. The van der Waals surface area contributed by atoms with E-state index >= 15 is 0 Å². The SMILES string of the molecule is CCOc1ccc2oc(C(=O)O[C@H](C)C(=O)N3CCC(C)CC3)c(C)c2c1. The van der Waals surface area contributed by atoms with E-state index in [9.17, 15) is 9.59 Å². The van der Waals surface area contributed by atoms with E-state index in [1.165, 1.54) is 0 Å². The van der Waals surface area contributed by atoms with Crippen molar-refractivity contribution in [2.45, 2.75) is 46.6 Å². The van der Waals surface area contributed by atoms with Crippen molar-refractivity contribution < 1.29 is 23.5 Å². The normalized spacial score (nSPS) is 16.4. The zero-order valence-corrected chi connectivity index (χ0v) is 16.4. The molecule has 1 aromatic carbocycles. The standard InChI is InChI=1S/C21H27NO5/c1-5-25-16-6-7-18-17(12-16)14(3)19(27-18)21(24)26-15(4)20(23)22-10-8-13(2)9-11-22/h6-7,12-13,15H,5,8-11H2,1-4H3/t15-/m1/s1. The van der Waals surface area contributed by atoms with Gasteiger partial charge in [0.25, 0.3) is 5.91 Å². The summed E-state index contributed by atoms with van der Waals surface area (Å²) in [6, 6.07) is 5.42. The fraction of sp³-hybridized carbons (Fsp3) is 0.524. The average molecular weight is 373 g/mol. The Morgan fingerprint density at radius 2 is 2.00 bits per heavy atom. The van der Waals surface area contributed by atoms with E-state index in [-0.39, 0.29) is 11.7 Å². The molecule has 1 aliphatic rings. The van der Waals surface area contributed by atoms with Crippen molar-refractivity contribution in [3.8, 4) is 5.75 Å². The molecule has 0 bridgehead atoms. The first-order valence-electron chi connectivity index (χ1n) is 9.56. The molecule has 0 saturated carbocycles. The number of furan rings is 1. The summed E-state index contributed by atoms with van der Waals surface area (Å²) in [6.07, 6.45) is 1.13. The van der Waals surface area contributed by atoms with Crippen molar-refractivity contribution in [3.63, 3.8) is 0 Å². The van der Waals surface area contributed by atoms with Gasteiger partial charge in [0.2, 0.25) is 5.76 Å². The maximum atomic E-state index is 12.6. The molecule has 6 nitrogen and oxygen atoms in total. The number of benzene rings is 1. The summed E-state index contributed by atoms with van der Waals surface area (Å²) in [7, 11) is 0. The molecule has 0 spiro atoms. The first kappa shape index (κ1) is 19.3. The van der Waals surface area contributed by atoms with Crippen LogP contribution in [0, 0.1) is 12.8 Å². The minimum Gasteiger partial charge on any atom is -0.494 e. The number of esters is 1. The summed E-state index contributed by atoms with van der Waals surface area (Å²) in [5.41, 5.74) is 1.27. The number of nitrogens with zero attached hydrogens (tertiary/aromatic N) is 1. The Balaban J connectivity index is 1.71. The van der Waals surface area contributed by atoms with E-state index in [4.69, 9.17) is 13.9 Å². The van der Waals surface area contributed by atoms with E-state index in [0.29, 0.717) is 36.8 Å². The van der Waals surface area contributed by atoms with Crippen molar-refractivity contribution in [3.05, 3.63) is 29.5 Å². The van der Waals surface area contributed by atoms with Crippen molar-refractivity contribution in [1.82, 2.24) is 4.90 Å². The molecule has 0 N–H and O–H groups in total. The van der Waals surface area contributed by atoms with Crippen LogP contribution in [0.15, 0.2) is 22.6 Å². The third-order valence-electron chi connectivity index (χ3n) is 5.13. The Morgan fingerprint density at radius 3 is 2.67 bits per heavy atom. The smallest absolute Gasteiger partial charge is 0.375 e. The summed E-state index contributed by atoms with van der Waals surface area (Å²) in [5, 5.41) is 0.803. The topological polar surface area (TPSA) is 69.0 Å². The number of aryl methyl sites for hydroxylation is 1. The summed E-state index contributed by atoms with van der Waals surface area (Å²) in [6.45, 7) is 9.51. The number of hydrogen-bond acceptors (Lipinski definition) is 5.